The van der Waals surface area contributed by atoms with E-state index in [4.69, 9.17) is 0 Å². The van der Waals surface area contributed by atoms with E-state index in [0.29, 0.717) is 23.4 Å². The number of hydrogen-bond donors (Lipinski definition) is 2. The average molecular weight is 325 g/mol. The number of carbonyl (C=O) groups is 1. The van der Waals surface area contributed by atoms with E-state index in [1.165, 1.54) is 12.1 Å². The highest BCUT2D eigenvalue weighted by Gasteiger charge is 2.30. The van der Waals surface area contributed by atoms with E-state index in [1.54, 1.807) is 20.8 Å². The summed E-state index contributed by atoms with van der Waals surface area (Å²) in [4.78, 5) is 12.2. The molecule has 0 bridgehead atoms. The lowest BCUT2D eigenvalue weighted by atomic mass is 9.99. The standard InChI is InChI=1S/C16H18F3N3O/c1-9(15(23)20-14-10(2)21-22-11(14)3)8-12-4-6-13(7-5-12)16(17,18)19/h4-7,9H,8H2,1-3H3,(H,20,23)(H,21,22)/t9-/m1/s1. The predicted molar refractivity (Wildman–Crippen MR) is 81.0 cm³/mol. The number of halogens is 3. The third kappa shape index (κ3) is 4.12. The zero-order valence-corrected chi connectivity index (χ0v) is 13.1. The van der Waals surface area contributed by atoms with Gasteiger partial charge in [-0.25, -0.2) is 0 Å². The molecule has 0 aliphatic rings. The van der Waals surface area contributed by atoms with Gasteiger partial charge in [0.25, 0.3) is 0 Å². The highest BCUT2D eigenvalue weighted by molar-refractivity contribution is 5.93. The smallest absolute Gasteiger partial charge is 0.323 e. The monoisotopic (exact) mass is 325 g/mol. The molecule has 2 aromatic rings. The zero-order chi connectivity index (χ0) is 17.2. The van der Waals surface area contributed by atoms with E-state index < -0.39 is 11.7 Å². The largest absolute Gasteiger partial charge is 0.416 e. The molecule has 7 heteroatoms. The topological polar surface area (TPSA) is 57.8 Å². The second-order valence-electron chi connectivity index (χ2n) is 5.60. The van der Waals surface area contributed by atoms with Gasteiger partial charge in [0.1, 0.15) is 0 Å². The fourth-order valence-corrected chi connectivity index (χ4v) is 2.26. The zero-order valence-electron chi connectivity index (χ0n) is 13.1. The van der Waals surface area contributed by atoms with Crippen LogP contribution in [-0.4, -0.2) is 16.1 Å². The Morgan fingerprint density at radius 3 is 2.35 bits per heavy atom. The lowest BCUT2D eigenvalue weighted by Gasteiger charge is -2.13. The molecule has 0 unspecified atom stereocenters. The van der Waals surface area contributed by atoms with Gasteiger partial charge >= 0.3 is 6.18 Å². The van der Waals surface area contributed by atoms with E-state index in [2.05, 4.69) is 15.5 Å². The van der Waals surface area contributed by atoms with Gasteiger partial charge in [-0.2, -0.15) is 18.3 Å². The fourth-order valence-electron chi connectivity index (χ4n) is 2.26. The van der Waals surface area contributed by atoms with Gasteiger partial charge in [-0.05, 0) is 38.0 Å². The van der Waals surface area contributed by atoms with Crippen LogP contribution in [0.4, 0.5) is 18.9 Å². The molecule has 124 valence electrons. The summed E-state index contributed by atoms with van der Waals surface area (Å²) in [7, 11) is 0. The van der Waals surface area contributed by atoms with Gasteiger partial charge in [0, 0.05) is 5.92 Å². The van der Waals surface area contributed by atoms with Crippen molar-refractivity contribution in [3.63, 3.8) is 0 Å². The molecule has 23 heavy (non-hydrogen) atoms. The highest BCUT2D eigenvalue weighted by atomic mass is 19.4. The van der Waals surface area contributed by atoms with Crippen molar-refractivity contribution in [3.8, 4) is 0 Å². The van der Waals surface area contributed by atoms with Crippen molar-refractivity contribution >= 4 is 11.6 Å². The number of carbonyl (C=O) groups excluding carboxylic acids is 1. The minimum absolute atomic E-state index is 0.197. The molecule has 0 aliphatic carbocycles. The molecule has 0 radical (unpaired) electrons. The van der Waals surface area contributed by atoms with Crippen LogP contribution in [0.1, 0.15) is 29.4 Å². The number of nitrogens with one attached hydrogen (secondary N) is 2. The maximum Gasteiger partial charge on any atom is 0.416 e. The van der Waals surface area contributed by atoms with Gasteiger partial charge in [0.2, 0.25) is 5.91 Å². The number of aromatic amines is 1. The first-order chi connectivity index (χ1) is 10.7. The van der Waals surface area contributed by atoms with Crippen LogP contribution < -0.4 is 5.32 Å². The summed E-state index contributed by atoms with van der Waals surface area (Å²) < 4.78 is 37.6. The number of alkyl halides is 3. The first-order valence-electron chi connectivity index (χ1n) is 7.17. The van der Waals surface area contributed by atoms with E-state index >= 15 is 0 Å². The summed E-state index contributed by atoms with van der Waals surface area (Å²) >= 11 is 0. The molecule has 0 spiro atoms. The third-order valence-electron chi connectivity index (χ3n) is 3.65. The van der Waals surface area contributed by atoms with Crippen LogP contribution in [-0.2, 0) is 17.4 Å². The molecule has 0 saturated heterocycles. The Balaban J connectivity index is 2.01. The molecule has 1 amide bonds. The van der Waals surface area contributed by atoms with E-state index in [0.717, 1.165) is 17.8 Å². The minimum atomic E-state index is -4.35. The maximum absolute atomic E-state index is 12.5. The molecule has 1 atom stereocenters. The molecule has 0 aliphatic heterocycles. The second kappa shape index (κ2) is 6.44. The number of aryl methyl sites for hydroxylation is 2. The van der Waals surface area contributed by atoms with Crippen LogP contribution in [0, 0.1) is 19.8 Å². The molecular formula is C16H18F3N3O. The molecular weight excluding hydrogens is 307 g/mol. The molecule has 1 aromatic carbocycles. The Morgan fingerprint density at radius 1 is 1.26 bits per heavy atom. The van der Waals surface area contributed by atoms with Crippen molar-refractivity contribution < 1.29 is 18.0 Å². The predicted octanol–water partition coefficient (Wildman–Crippen LogP) is 3.86. The third-order valence-corrected chi connectivity index (χ3v) is 3.65. The molecule has 4 nitrogen and oxygen atoms in total. The van der Waals surface area contributed by atoms with Crippen molar-refractivity contribution in [1.29, 1.82) is 0 Å². The normalized spacial score (nSPS) is 13.0. The number of nitrogens with zero attached hydrogens (tertiary/aromatic N) is 1. The Hall–Kier alpha value is -2.31. The van der Waals surface area contributed by atoms with Crippen LogP contribution >= 0.6 is 0 Å². The van der Waals surface area contributed by atoms with Crippen molar-refractivity contribution in [1.82, 2.24) is 10.2 Å². The van der Waals surface area contributed by atoms with E-state index in [-0.39, 0.29) is 11.8 Å². The van der Waals surface area contributed by atoms with Gasteiger partial charge in [-0.1, -0.05) is 19.1 Å². The molecule has 0 fully saturated rings. The van der Waals surface area contributed by atoms with Crippen molar-refractivity contribution in [3.05, 3.63) is 46.8 Å². The Morgan fingerprint density at radius 2 is 1.87 bits per heavy atom. The molecule has 2 rings (SSSR count). The summed E-state index contributed by atoms with van der Waals surface area (Å²) in [5, 5.41) is 9.58. The van der Waals surface area contributed by atoms with E-state index in [9.17, 15) is 18.0 Å². The summed E-state index contributed by atoms with van der Waals surface area (Å²) in [6.07, 6.45) is -3.99. The lowest BCUT2D eigenvalue weighted by molar-refractivity contribution is -0.137. The first kappa shape index (κ1) is 17.1. The van der Waals surface area contributed by atoms with E-state index in [1.807, 2.05) is 0 Å². The number of benzene rings is 1. The Kier molecular flexibility index (Phi) is 4.77. The SMILES string of the molecule is Cc1n[nH]c(C)c1NC(=O)[C@H](C)Cc1ccc(C(F)(F)F)cc1. The molecule has 1 heterocycles. The number of hydrogen-bond acceptors (Lipinski definition) is 2. The first-order valence-corrected chi connectivity index (χ1v) is 7.17. The molecule has 2 N–H and O–H groups in total. The van der Waals surface area contributed by atoms with Crippen LogP contribution in [0.2, 0.25) is 0 Å². The number of amides is 1. The quantitative estimate of drug-likeness (QED) is 0.897. The van der Waals surface area contributed by atoms with Gasteiger partial charge in [0.15, 0.2) is 0 Å². The molecule has 1 aromatic heterocycles. The Bertz CT molecular complexity index is 670. The van der Waals surface area contributed by atoms with Gasteiger partial charge in [0.05, 0.1) is 22.6 Å². The Labute approximate surface area is 132 Å². The summed E-state index contributed by atoms with van der Waals surface area (Å²) in [6, 6.07) is 4.87. The van der Waals surface area contributed by atoms with Crippen molar-refractivity contribution in [2.75, 3.05) is 5.32 Å². The van der Waals surface area contributed by atoms with Gasteiger partial charge in [-0.15, -0.1) is 0 Å². The van der Waals surface area contributed by atoms with Crippen LogP contribution in [0.15, 0.2) is 24.3 Å². The fraction of sp³-hybridized carbons (Fsp3) is 0.375. The maximum atomic E-state index is 12.5. The number of H-pyrrole nitrogens is 1. The van der Waals surface area contributed by atoms with Gasteiger partial charge < -0.3 is 5.32 Å². The van der Waals surface area contributed by atoms with Crippen molar-refractivity contribution in [2.45, 2.75) is 33.4 Å². The summed E-state index contributed by atoms with van der Waals surface area (Å²) in [5.41, 5.74) is 2.09. The van der Waals surface area contributed by atoms with Crippen LogP contribution in [0.5, 0.6) is 0 Å². The summed E-state index contributed by atoms with van der Waals surface area (Å²) in [6.45, 7) is 5.31. The number of rotatable bonds is 4. The second-order valence-corrected chi connectivity index (χ2v) is 5.60. The average Bonchev–Trinajstić information content (AvgIpc) is 2.78. The number of aromatic nitrogens is 2. The van der Waals surface area contributed by atoms with Crippen LogP contribution in [0.3, 0.4) is 0 Å². The number of anilines is 1. The lowest BCUT2D eigenvalue weighted by Crippen LogP contribution is -2.22. The highest BCUT2D eigenvalue weighted by Crippen LogP contribution is 2.29. The van der Waals surface area contributed by atoms with Gasteiger partial charge in [-0.3, -0.25) is 9.89 Å². The van der Waals surface area contributed by atoms with Crippen LogP contribution in [0.25, 0.3) is 0 Å². The summed E-state index contributed by atoms with van der Waals surface area (Å²) in [5.74, 6) is -0.571. The molecule has 0 saturated carbocycles. The minimum Gasteiger partial charge on any atom is -0.323 e. The van der Waals surface area contributed by atoms with Crippen molar-refractivity contribution in [2.24, 2.45) is 5.92 Å².